The zero-order valence-corrected chi connectivity index (χ0v) is 35.3. The van der Waals surface area contributed by atoms with Gasteiger partial charge in [0.1, 0.15) is 5.78 Å². The molecule has 1 unspecified atom stereocenters. The Labute approximate surface area is 292 Å². The predicted molar refractivity (Wildman–Crippen MR) is 204 cm³/mol. The number of Topliss-reactive ketones (excluding diaryl/α,β-unsaturated/α-hetero) is 1. The number of carbonyl (C=O) groups is 1. The Morgan fingerprint density at radius 3 is 2.04 bits per heavy atom. The third-order valence-corrected chi connectivity index (χ3v) is 24.3. The molecular weight excluding hydrogens is 613 g/mol. The van der Waals surface area contributed by atoms with Gasteiger partial charge in [-0.2, -0.15) is 0 Å². The van der Waals surface area contributed by atoms with E-state index in [9.17, 15) is 9.90 Å². The number of aliphatic hydroxyl groups excluding tert-OH is 1. The van der Waals surface area contributed by atoms with Gasteiger partial charge in [-0.1, -0.05) is 99.5 Å². The van der Waals surface area contributed by atoms with Crippen molar-refractivity contribution in [3.8, 4) is 0 Å². The topological polar surface area (TPSA) is 55.8 Å². The summed E-state index contributed by atoms with van der Waals surface area (Å²) in [6.45, 7) is 35.3. The number of hydrogen-bond donors (Lipinski definition) is 1. The summed E-state index contributed by atoms with van der Waals surface area (Å²) in [5.41, 5.74) is 3.32. The second-order valence-corrected chi connectivity index (χ2v) is 29.4. The van der Waals surface area contributed by atoms with E-state index in [1.165, 1.54) is 19.3 Å². The van der Waals surface area contributed by atoms with E-state index >= 15 is 0 Å². The van der Waals surface area contributed by atoms with E-state index in [1.54, 1.807) is 11.1 Å². The first-order valence-corrected chi connectivity index (χ1v) is 25.2. The van der Waals surface area contributed by atoms with E-state index in [1.807, 2.05) is 0 Å². The van der Waals surface area contributed by atoms with Crippen LogP contribution in [0.3, 0.4) is 0 Å². The lowest BCUT2D eigenvalue weighted by molar-refractivity contribution is -0.126. The van der Waals surface area contributed by atoms with Crippen molar-refractivity contribution in [2.24, 2.45) is 40.4 Å². The van der Waals surface area contributed by atoms with Crippen molar-refractivity contribution in [1.29, 1.82) is 0 Å². The number of rotatable bonds is 11. The van der Waals surface area contributed by atoms with Crippen LogP contribution in [-0.2, 0) is 13.6 Å². The average molecular weight is 687 g/mol. The molecule has 0 radical (unpaired) electrons. The minimum absolute atomic E-state index is 0.0286. The van der Waals surface area contributed by atoms with Crippen molar-refractivity contribution >= 4 is 22.4 Å². The molecular formula is C41H74O4Si2. The van der Waals surface area contributed by atoms with Gasteiger partial charge in [-0.05, 0) is 117 Å². The maximum atomic E-state index is 13.0. The summed E-state index contributed by atoms with van der Waals surface area (Å²) in [4.78, 5) is 13.0. The molecule has 47 heavy (non-hydrogen) atoms. The van der Waals surface area contributed by atoms with Crippen molar-refractivity contribution in [2.45, 2.75) is 189 Å². The summed E-state index contributed by atoms with van der Waals surface area (Å²) in [5.74, 6) is 1.91. The number of allylic oxidation sites excluding steroid dienone is 3. The van der Waals surface area contributed by atoms with Crippen LogP contribution in [0.1, 0.15) is 134 Å². The van der Waals surface area contributed by atoms with Gasteiger partial charge in [-0.25, -0.2) is 0 Å². The molecule has 0 aromatic rings. The fourth-order valence-corrected chi connectivity index (χ4v) is 12.6. The molecule has 0 bridgehead atoms. The molecule has 0 saturated heterocycles. The molecule has 0 aromatic heterocycles. The van der Waals surface area contributed by atoms with E-state index in [0.717, 1.165) is 32.1 Å². The van der Waals surface area contributed by atoms with Crippen molar-refractivity contribution < 1.29 is 18.8 Å². The molecule has 270 valence electrons. The zero-order valence-electron chi connectivity index (χ0n) is 33.3. The first-order valence-electron chi connectivity index (χ1n) is 19.4. The third-order valence-electron chi connectivity index (χ3n) is 15.3. The predicted octanol–water partition coefficient (Wildman–Crippen LogP) is 11.3. The van der Waals surface area contributed by atoms with Crippen molar-refractivity contribution in [3.63, 3.8) is 0 Å². The van der Waals surface area contributed by atoms with Crippen LogP contribution in [0.15, 0.2) is 23.3 Å². The second kappa shape index (κ2) is 13.5. The van der Waals surface area contributed by atoms with Gasteiger partial charge in [0.15, 0.2) is 16.6 Å². The molecule has 0 aliphatic heterocycles. The monoisotopic (exact) mass is 687 g/mol. The molecule has 9 atom stereocenters. The summed E-state index contributed by atoms with van der Waals surface area (Å²) in [7, 11) is -3.99. The average Bonchev–Trinajstić information content (AvgIpc) is 3.29. The Morgan fingerprint density at radius 2 is 1.49 bits per heavy atom. The Morgan fingerprint density at radius 1 is 0.915 bits per heavy atom. The summed E-state index contributed by atoms with van der Waals surface area (Å²) < 4.78 is 14.7. The molecule has 4 rings (SSSR count). The molecule has 6 heteroatoms. The lowest BCUT2D eigenvalue weighted by Gasteiger charge is -2.59. The number of ketones is 1. The van der Waals surface area contributed by atoms with Gasteiger partial charge in [-0.3, -0.25) is 4.79 Å². The maximum Gasteiger partial charge on any atom is 0.192 e. The van der Waals surface area contributed by atoms with Gasteiger partial charge in [0.2, 0.25) is 0 Å². The van der Waals surface area contributed by atoms with Gasteiger partial charge < -0.3 is 14.0 Å². The van der Waals surface area contributed by atoms with Crippen LogP contribution in [0.5, 0.6) is 0 Å². The highest BCUT2D eigenvalue weighted by Crippen LogP contribution is 2.67. The van der Waals surface area contributed by atoms with Crippen LogP contribution in [0, 0.1) is 40.4 Å². The van der Waals surface area contributed by atoms with E-state index in [0.29, 0.717) is 24.2 Å². The van der Waals surface area contributed by atoms with Gasteiger partial charge in [-0.15, -0.1) is 0 Å². The zero-order chi connectivity index (χ0) is 35.5. The van der Waals surface area contributed by atoms with Gasteiger partial charge in [0.05, 0.1) is 18.3 Å². The second-order valence-electron chi connectivity index (χ2n) is 19.9. The fraction of sp³-hybridized carbons (Fsp3) is 0.878. The smallest absolute Gasteiger partial charge is 0.192 e. The highest BCUT2D eigenvalue weighted by molar-refractivity contribution is 6.74. The first kappa shape index (κ1) is 39.3. The maximum absolute atomic E-state index is 13.0. The molecule has 1 N–H and O–H groups in total. The van der Waals surface area contributed by atoms with Crippen molar-refractivity contribution in [3.05, 3.63) is 23.3 Å². The molecule has 0 spiro atoms. The molecule has 0 heterocycles. The van der Waals surface area contributed by atoms with E-state index in [4.69, 9.17) is 8.85 Å². The normalized spacial score (nSPS) is 34.6. The van der Waals surface area contributed by atoms with Crippen LogP contribution < -0.4 is 0 Å². The molecule has 4 aliphatic carbocycles. The Kier molecular flexibility index (Phi) is 11.3. The van der Waals surface area contributed by atoms with E-state index in [-0.39, 0.29) is 50.7 Å². The van der Waals surface area contributed by atoms with Gasteiger partial charge in [0, 0.05) is 17.8 Å². The Hall–Kier alpha value is -0.536. The summed E-state index contributed by atoms with van der Waals surface area (Å²) in [5, 5.41) is 11.7. The van der Waals surface area contributed by atoms with E-state index in [2.05, 4.69) is 115 Å². The molecule has 4 nitrogen and oxygen atoms in total. The first-order chi connectivity index (χ1) is 21.4. The summed E-state index contributed by atoms with van der Waals surface area (Å²) in [6, 6.07) is 0. The molecule has 3 fully saturated rings. The van der Waals surface area contributed by atoms with Gasteiger partial charge in [0.25, 0.3) is 0 Å². The minimum Gasteiger partial charge on any atom is -0.414 e. The standard InChI is InChI=1S/C41H74O4Si2/c1-16-28(17-2)36(43)26-35(42)27(3)32-20-21-33-31-19-18-29-24-30(44-46(12,13)38(4,5)6)25-37(45-47(14,15)39(7,8)9)41(29,11)34(31)22-23-40(32,33)10/h18-19,27-28,30,32-35,37,42H,16-17,20-26H2,1-15H3/t27-,30+,32+,33-,34-,35?,37-,40+,41-/m0/s1. The SMILES string of the molecule is CCC(CC)C(=O)CC(O)[C@@H](C)[C@H]1CC[C@H]2C3=CC=C4C[C@@H](O[Si](C)(C)C(C)(C)C)C[C@H](O[Si](C)(C)C(C)(C)C)[C@]4(C)[C@H]3CC[C@]12C. The highest BCUT2D eigenvalue weighted by atomic mass is 28.4. The number of carbonyl (C=O) groups excluding carboxylic acids is 1. The summed E-state index contributed by atoms with van der Waals surface area (Å²) >= 11 is 0. The Balaban J connectivity index is 1.65. The molecule has 0 amide bonds. The molecule has 4 aliphatic rings. The molecule has 3 saturated carbocycles. The minimum atomic E-state index is -2.05. The van der Waals surface area contributed by atoms with Gasteiger partial charge >= 0.3 is 0 Å². The lowest BCUT2D eigenvalue weighted by Crippen LogP contribution is -2.58. The van der Waals surface area contributed by atoms with Crippen LogP contribution in [0.2, 0.25) is 36.3 Å². The molecule has 0 aromatic carbocycles. The Bertz CT molecular complexity index is 1200. The highest BCUT2D eigenvalue weighted by Gasteiger charge is 2.61. The number of hydrogen-bond acceptors (Lipinski definition) is 4. The quantitative estimate of drug-likeness (QED) is 0.220. The van der Waals surface area contributed by atoms with E-state index < -0.39 is 22.7 Å². The lowest BCUT2D eigenvalue weighted by atomic mass is 9.49. The van der Waals surface area contributed by atoms with Crippen LogP contribution in [0.25, 0.3) is 0 Å². The van der Waals surface area contributed by atoms with Crippen molar-refractivity contribution in [2.75, 3.05) is 0 Å². The fourth-order valence-electron chi connectivity index (χ4n) is 9.87. The van der Waals surface area contributed by atoms with Crippen LogP contribution in [0.4, 0.5) is 0 Å². The third kappa shape index (κ3) is 7.17. The van der Waals surface area contributed by atoms with Crippen LogP contribution in [-0.4, -0.2) is 45.8 Å². The van der Waals surface area contributed by atoms with Crippen molar-refractivity contribution in [1.82, 2.24) is 0 Å². The number of fused-ring (bicyclic) bond motifs is 5. The summed E-state index contributed by atoms with van der Waals surface area (Å²) in [6.07, 6.45) is 13.5. The largest absolute Gasteiger partial charge is 0.414 e. The van der Waals surface area contributed by atoms with Crippen LogP contribution >= 0.6 is 0 Å². The number of aliphatic hydroxyl groups is 1.